The molecule has 0 aliphatic carbocycles. The molecular weight excluding hydrogens is 466 g/mol. The molecule has 3 saturated heterocycles. The Hall–Kier alpha value is -2.26. The lowest BCUT2D eigenvalue weighted by Gasteiger charge is -2.34. The molecule has 5 atom stereocenters. The summed E-state index contributed by atoms with van der Waals surface area (Å²) in [4.78, 5) is 42.2. The van der Waals surface area contributed by atoms with Crippen molar-refractivity contribution in [1.82, 2.24) is 10.2 Å². The van der Waals surface area contributed by atoms with Gasteiger partial charge < -0.3 is 25.4 Å². The molecule has 4 rings (SSSR count). The van der Waals surface area contributed by atoms with Crippen molar-refractivity contribution in [3.63, 3.8) is 0 Å². The third-order valence-corrected chi connectivity index (χ3v) is 9.65. The van der Waals surface area contributed by atoms with Crippen LogP contribution in [0.15, 0.2) is 24.3 Å². The summed E-state index contributed by atoms with van der Waals surface area (Å²) < 4.78 is 4.39. The number of aliphatic hydroxyl groups is 1. The first kappa shape index (κ1) is 25.8. The van der Waals surface area contributed by atoms with Crippen molar-refractivity contribution in [2.24, 2.45) is 11.8 Å². The number of nitrogens with zero attached hydrogens (tertiary/aromatic N) is 1. The molecule has 8 nitrogen and oxygen atoms in total. The molecule has 35 heavy (non-hydrogen) atoms. The molecule has 2 bridgehead atoms. The number of hydrogen-bond acceptors (Lipinski definition) is 6. The number of amides is 3. The van der Waals surface area contributed by atoms with Gasteiger partial charge in [0, 0.05) is 23.5 Å². The van der Waals surface area contributed by atoms with Crippen LogP contribution in [-0.2, 0) is 14.4 Å². The highest BCUT2D eigenvalue weighted by atomic mass is 32.2. The lowest BCUT2D eigenvalue weighted by atomic mass is 9.66. The number of rotatable bonds is 11. The Morgan fingerprint density at radius 3 is 2.57 bits per heavy atom. The van der Waals surface area contributed by atoms with Crippen LogP contribution in [0.25, 0.3) is 0 Å². The monoisotopic (exact) mass is 503 g/mol. The summed E-state index contributed by atoms with van der Waals surface area (Å²) in [5.74, 6) is -0.987. The van der Waals surface area contributed by atoms with Gasteiger partial charge in [-0.3, -0.25) is 14.4 Å². The third kappa shape index (κ3) is 4.53. The summed E-state index contributed by atoms with van der Waals surface area (Å²) >= 11 is 1.64. The van der Waals surface area contributed by atoms with Crippen LogP contribution in [0.1, 0.15) is 52.9 Å². The molecule has 2 unspecified atom stereocenters. The van der Waals surface area contributed by atoms with Crippen LogP contribution in [-0.4, -0.2) is 69.6 Å². The predicted molar refractivity (Wildman–Crippen MR) is 136 cm³/mol. The maximum absolute atomic E-state index is 13.7. The quantitative estimate of drug-likeness (QED) is 0.401. The van der Waals surface area contributed by atoms with Gasteiger partial charge in [0.05, 0.1) is 29.8 Å². The molecule has 3 aliphatic heterocycles. The molecule has 3 aliphatic rings. The van der Waals surface area contributed by atoms with Gasteiger partial charge in [-0.25, -0.2) is 0 Å². The Kier molecular flexibility index (Phi) is 7.66. The Morgan fingerprint density at radius 2 is 1.91 bits per heavy atom. The van der Waals surface area contributed by atoms with E-state index in [0.29, 0.717) is 25.3 Å². The summed E-state index contributed by atoms with van der Waals surface area (Å²) in [5, 5.41) is 15.7. The van der Waals surface area contributed by atoms with Crippen molar-refractivity contribution < 1.29 is 24.2 Å². The Labute approximate surface area is 211 Å². The highest BCUT2D eigenvalue weighted by Crippen LogP contribution is 2.71. The minimum atomic E-state index is -0.677. The minimum Gasteiger partial charge on any atom is -0.494 e. The van der Waals surface area contributed by atoms with Crippen molar-refractivity contribution in [2.75, 3.05) is 31.6 Å². The number of likely N-dealkylation sites (tertiary alicyclic amines) is 1. The number of benzene rings is 1. The molecule has 0 radical (unpaired) electrons. The number of ether oxygens (including phenoxy) is 1. The summed E-state index contributed by atoms with van der Waals surface area (Å²) in [6.45, 7) is 7.07. The zero-order valence-corrected chi connectivity index (χ0v) is 21.7. The lowest BCUT2D eigenvalue weighted by molar-refractivity contribution is -0.140. The molecule has 192 valence electrons. The van der Waals surface area contributed by atoms with Crippen LogP contribution in [0.5, 0.6) is 5.75 Å². The number of carbonyl (C=O) groups is 3. The van der Waals surface area contributed by atoms with E-state index in [1.807, 2.05) is 13.8 Å². The highest BCUT2D eigenvalue weighted by molar-refractivity contribution is 8.02. The largest absolute Gasteiger partial charge is 0.494 e. The smallest absolute Gasteiger partial charge is 0.244 e. The Balaban J connectivity index is 1.58. The van der Waals surface area contributed by atoms with Crippen LogP contribution in [0.3, 0.4) is 0 Å². The molecule has 0 saturated carbocycles. The van der Waals surface area contributed by atoms with Crippen molar-refractivity contribution in [2.45, 2.75) is 68.4 Å². The van der Waals surface area contributed by atoms with E-state index in [1.54, 1.807) is 36.0 Å². The van der Waals surface area contributed by atoms with Gasteiger partial charge in [-0.05, 0) is 57.4 Å². The van der Waals surface area contributed by atoms with E-state index in [2.05, 4.69) is 17.6 Å². The van der Waals surface area contributed by atoms with Crippen LogP contribution in [0.2, 0.25) is 0 Å². The number of fused-ring (bicyclic) bond motifs is 1. The van der Waals surface area contributed by atoms with Gasteiger partial charge in [0.1, 0.15) is 11.8 Å². The topological polar surface area (TPSA) is 108 Å². The highest BCUT2D eigenvalue weighted by Gasteiger charge is 2.77. The van der Waals surface area contributed by atoms with Gasteiger partial charge >= 0.3 is 0 Å². The number of β-amino-alcohol motifs (C(OH)–C–C–N with tert-alkyl or cyclic N) is 1. The summed E-state index contributed by atoms with van der Waals surface area (Å²) in [5.41, 5.74) is 0.645. The average molecular weight is 504 g/mol. The first-order chi connectivity index (χ1) is 16.8. The lowest BCUT2D eigenvalue weighted by Crippen LogP contribution is -2.54. The van der Waals surface area contributed by atoms with Crippen molar-refractivity contribution in [3.8, 4) is 5.75 Å². The van der Waals surface area contributed by atoms with E-state index in [1.165, 1.54) is 4.90 Å². The maximum Gasteiger partial charge on any atom is 0.244 e. The number of nitrogens with one attached hydrogen (secondary N) is 2. The number of carbonyl (C=O) groups excluding carboxylic acids is 3. The molecular formula is C26H37N3O5S. The molecule has 1 aromatic carbocycles. The van der Waals surface area contributed by atoms with Crippen molar-refractivity contribution >= 4 is 35.2 Å². The number of thioether (sulfide) groups is 1. The standard InChI is InChI=1S/C26H37N3O5S/c1-4-6-7-14-27-23(32)21-26-13-12-25(3,35-26)19(20(26)24(33)29(21)15-16-30)22(31)28-17-8-10-18(11-9-17)34-5-2/h8-11,19-21,30H,4-7,12-16H2,1-3H3,(H,27,32)(H,28,31)/t19-,20-,21?,25+,26?/m0/s1. The molecule has 3 N–H and O–H groups in total. The van der Waals surface area contributed by atoms with Gasteiger partial charge in [0.15, 0.2) is 0 Å². The van der Waals surface area contributed by atoms with E-state index in [-0.39, 0.29) is 30.9 Å². The Morgan fingerprint density at radius 1 is 1.17 bits per heavy atom. The molecule has 0 aromatic heterocycles. The van der Waals surface area contributed by atoms with Gasteiger partial charge in [-0.1, -0.05) is 19.8 Å². The fourth-order valence-electron chi connectivity index (χ4n) is 6.18. The zero-order chi connectivity index (χ0) is 25.2. The first-order valence-electron chi connectivity index (χ1n) is 12.7. The second-order valence-electron chi connectivity index (χ2n) is 9.93. The fraction of sp³-hybridized carbons (Fsp3) is 0.654. The van der Waals surface area contributed by atoms with E-state index in [0.717, 1.165) is 31.4 Å². The number of aliphatic hydroxyl groups excluding tert-OH is 1. The third-order valence-electron chi connectivity index (χ3n) is 7.66. The van der Waals surface area contributed by atoms with Crippen molar-refractivity contribution in [3.05, 3.63) is 24.3 Å². The maximum atomic E-state index is 13.7. The van der Waals surface area contributed by atoms with Gasteiger partial charge in [-0.2, -0.15) is 0 Å². The molecule has 3 amide bonds. The molecule has 9 heteroatoms. The minimum absolute atomic E-state index is 0.0919. The van der Waals surface area contributed by atoms with E-state index >= 15 is 0 Å². The summed E-state index contributed by atoms with van der Waals surface area (Å²) in [7, 11) is 0. The number of unbranched alkanes of at least 4 members (excludes halogenated alkanes) is 2. The van der Waals surface area contributed by atoms with Gasteiger partial charge in [-0.15, -0.1) is 11.8 Å². The fourth-order valence-corrected chi connectivity index (χ4v) is 8.54. The first-order valence-corrected chi connectivity index (χ1v) is 13.6. The van der Waals surface area contributed by atoms with Crippen LogP contribution >= 0.6 is 11.8 Å². The van der Waals surface area contributed by atoms with Crippen LogP contribution in [0, 0.1) is 11.8 Å². The molecule has 3 heterocycles. The van der Waals surface area contributed by atoms with Gasteiger partial charge in [0.25, 0.3) is 0 Å². The van der Waals surface area contributed by atoms with Crippen LogP contribution in [0.4, 0.5) is 5.69 Å². The SMILES string of the molecule is CCCCCNC(=O)C1N(CCO)C(=O)[C@@H]2[C@@H](C(=O)Nc3ccc(OCC)cc3)[C@@]3(C)CCC12S3. The average Bonchev–Trinajstić information content (AvgIpc) is 3.39. The summed E-state index contributed by atoms with van der Waals surface area (Å²) in [6.07, 6.45) is 4.43. The Bertz CT molecular complexity index is 957. The zero-order valence-electron chi connectivity index (χ0n) is 20.8. The van der Waals surface area contributed by atoms with E-state index < -0.39 is 27.4 Å². The number of hydrogen-bond donors (Lipinski definition) is 3. The van der Waals surface area contributed by atoms with Crippen molar-refractivity contribution in [1.29, 1.82) is 0 Å². The predicted octanol–water partition coefficient (Wildman–Crippen LogP) is 2.80. The van der Waals surface area contributed by atoms with Gasteiger partial charge in [0.2, 0.25) is 17.7 Å². The second-order valence-corrected chi connectivity index (χ2v) is 11.8. The normalized spacial score (nSPS) is 30.9. The molecule has 1 spiro atoms. The number of anilines is 1. The molecule has 1 aromatic rings. The second kappa shape index (κ2) is 10.4. The van der Waals surface area contributed by atoms with E-state index in [4.69, 9.17) is 4.74 Å². The van der Waals surface area contributed by atoms with Crippen LogP contribution < -0.4 is 15.4 Å². The molecule has 3 fully saturated rings. The van der Waals surface area contributed by atoms with E-state index in [9.17, 15) is 19.5 Å². The summed E-state index contributed by atoms with van der Waals surface area (Å²) in [6, 6.07) is 6.52.